The molecule has 0 aliphatic carbocycles. The Morgan fingerprint density at radius 1 is 1.12 bits per heavy atom. The molecule has 5 N–H and O–H groups in total. The zero-order chi connectivity index (χ0) is 17.3. The Labute approximate surface area is 135 Å². The van der Waals surface area contributed by atoms with Crippen LogP contribution >= 0.6 is 0 Å². The Balaban J connectivity index is 1.94. The van der Waals surface area contributed by atoms with E-state index in [4.69, 9.17) is 24.8 Å². The first-order chi connectivity index (χ1) is 11.6. The van der Waals surface area contributed by atoms with Crippen molar-refractivity contribution in [3.63, 3.8) is 0 Å². The number of rotatable bonds is 6. The van der Waals surface area contributed by atoms with Gasteiger partial charge in [-0.1, -0.05) is 0 Å². The van der Waals surface area contributed by atoms with Gasteiger partial charge in [0.05, 0.1) is 26.1 Å². The summed E-state index contributed by atoms with van der Waals surface area (Å²) in [6, 6.07) is 0. The number of aliphatic hydroxyl groups excluding tert-OH is 5. The summed E-state index contributed by atoms with van der Waals surface area (Å²) in [5.74, 6) is 0.0543. The topological polar surface area (TPSA) is 163 Å². The summed E-state index contributed by atoms with van der Waals surface area (Å²) < 4.78 is 12.2. The molecule has 11 nitrogen and oxygen atoms in total. The van der Waals surface area contributed by atoms with Gasteiger partial charge in [-0.25, -0.2) is 9.97 Å². The number of hydrogen-bond acceptors (Lipinski definition) is 10. The largest absolute Gasteiger partial charge is 0.468 e. The molecule has 2 aromatic heterocycles. The first kappa shape index (κ1) is 17.0. The van der Waals surface area contributed by atoms with Crippen molar-refractivity contribution in [3.05, 3.63) is 12.7 Å². The number of hydrogen-bond donors (Lipinski definition) is 5. The van der Waals surface area contributed by atoms with E-state index in [9.17, 15) is 10.2 Å². The van der Waals surface area contributed by atoms with Gasteiger partial charge in [0.15, 0.2) is 17.4 Å². The van der Waals surface area contributed by atoms with Gasteiger partial charge in [-0.05, 0) is 0 Å². The maximum Gasteiger partial charge on any atom is 0.245 e. The standard InChI is InChI=1S/C13H18N4O7/c18-1-6(2-19)23-12-8-11(14-4-15-12)17(5-16-8)13-10(22)9(21)7(3-20)24-13/h4-7,9-10,13,18-22H,1-3H2/t7-,9-,10-,13-/m1/s1. The van der Waals surface area contributed by atoms with Gasteiger partial charge in [-0.15, -0.1) is 0 Å². The van der Waals surface area contributed by atoms with Crippen molar-refractivity contribution < 1.29 is 35.0 Å². The van der Waals surface area contributed by atoms with Gasteiger partial charge in [0, 0.05) is 0 Å². The molecule has 132 valence electrons. The SMILES string of the molecule is OCC(CO)Oc1ncnc2c1ncn2[C@@H]1O[C@H](CO)[C@@H](O)[C@H]1O. The van der Waals surface area contributed by atoms with Crippen LogP contribution in [-0.2, 0) is 4.74 Å². The quantitative estimate of drug-likeness (QED) is 0.370. The van der Waals surface area contributed by atoms with Gasteiger partial charge >= 0.3 is 0 Å². The van der Waals surface area contributed by atoms with Crippen molar-refractivity contribution in [2.24, 2.45) is 0 Å². The molecule has 2 aromatic rings. The minimum atomic E-state index is -1.28. The fraction of sp³-hybridized carbons (Fsp3) is 0.615. The van der Waals surface area contributed by atoms with Crippen LogP contribution in [-0.4, -0.2) is 89.3 Å². The zero-order valence-corrected chi connectivity index (χ0v) is 12.5. The lowest BCUT2D eigenvalue weighted by molar-refractivity contribution is -0.0511. The van der Waals surface area contributed by atoms with Crippen molar-refractivity contribution in [1.82, 2.24) is 19.5 Å². The summed E-state index contributed by atoms with van der Waals surface area (Å²) in [4.78, 5) is 12.1. The van der Waals surface area contributed by atoms with E-state index in [0.717, 1.165) is 0 Å². The highest BCUT2D eigenvalue weighted by molar-refractivity contribution is 5.76. The smallest absolute Gasteiger partial charge is 0.245 e. The van der Waals surface area contributed by atoms with E-state index < -0.39 is 50.5 Å². The van der Waals surface area contributed by atoms with Crippen LogP contribution in [0.25, 0.3) is 11.2 Å². The number of fused-ring (bicyclic) bond motifs is 1. The third-order valence-corrected chi connectivity index (χ3v) is 3.80. The van der Waals surface area contributed by atoms with Crippen LogP contribution in [0.4, 0.5) is 0 Å². The van der Waals surface area contributed by atoms with Crippen molar-refractivity contribution in [2.75, 3.05) is 19.8 Å². The average Bonchev–Trinajstić information content (AvgIpc) is 3.15. The minimum absolute atomic E-state index is 0.0543. The second kappa shape index (κ2) is 6.93. The molecule has 1 aliphatic rings. The fourth-order valence-corrected chi connectivity index (χ4v) is 2.50. The monoisotopic (exact) mass is 342 g/mol. The normalized spacial score (nSPS) is 27.2. The highest BCUT2D eigenvalue weighted by Gasteiger charge is 2.44. The lowest BCUT2D eigenvalue weighted by atomic mass is 10.1. The summed E-state index contributed by atoms with van der Waals surface area (Å²) >= 11 is 0. The first-order valence-electron chi connectivity index (χ1n) is 7.29. The van der Waals surface area contributed by atoms with Crippen LogP contribution in [0.2, 0.25) is 0 Å². The van der Waals surface area contributed by atoms with Crippen molar-refractivity contribution in [2.45, 2.75) is 30.6 Å². The van der Waals surface area contributed by atoms with E-state index in [1.807, 2.05) is 0 Å². The Kier molecular flexibility index (Phi) is 4.89. The lowest BCUT2D eigenvalue weighted by Gasteiger charge is -2.17. The third kappa shape index (κ3) is 2.81. The predicted octanol–water partition coefficient (Wildman–Crippen LogP) is -2.83. The van der Waals surface area contributed by atoms with E-state index in [2.05, 4.69) is 15.0 Å². The molecular formula is C13H18N4O7. The second-order valence-electron chi connectivity index (χ2n) is 5.34. The highest BCUT2D eigenvalue weighted by atomic mass is 16.6. The molecule has 11 heteroatoms. The molecule has 4 atom stereocenters. The molecule has 0 unspecified atom stereocenters. The Morgan fingerprint density at radius 3 is 2.50 bits per heavy atom. The first-order valence-corrected chi connectivity index (χ1v) is 7.29. The Bertz CT molecular complexity index is 692. The van der Waals surface area contributed by atoms with E-state index in [-0.39, 0.29) is 17.0 Å². The maximum absolute atomic E-state index is 10.1. The molecule has 0 spiro atoms. The molecule has 1 saturated heterocycles. The predicted molar refractivity (Wildman–Crippen MR) is 76.9 cm³/mol. The third-order valence-electron chi connectivity index (χ3n) is 3.80. The van der Waals surface area contributed by atoms with Gasteiger partial charge in [-0.3, -0.25) is 4.57 Å². The molecule has 1 aliphatic heterocycles. The average molecular weight is 342 g/mol. The van der Waals surface area contributed by atoms with Gasteiger partial charge in [0.1, 0.15) is 30.7 Å². The van der Waals surface area contributed by atoms with E-state index >= 15 is 0 Å². The number of imidazole rings is 1. The van der Waals surface area contributed by atoms with Crippen molar-refractivity contribution in [3.8, 4) is 5.88 Å². The number of aromatic nitrogens is 4. The molecule has 0 bridgehead atoms. The Morgan fingerprint density at radius 2 is 1.88 bits per heavy atom. The minimum Gasteiger partial charge on any atom is -0.468 e. The van der Waals surface area contributed by atoms with Gasteiger partial charge in [0.25, 0.3) is 0 Å². The van der Waals surface area contributed by atoms with Crippen LogP contribution in [0, 0.1) is 0 Å². The summed E-state index contributed by atoms with van der Waals surface area (Å²) in [6.07, 6.45) is -2.76. The second-order valence-corrected chi connectivity index (χ2v) is 5.34. The molecule has 0 saturated carbocycles. The van der Waals surface area contributed by atoms with Gasteiger partial charge in [0.2, 0.25) is 5.88 Å². The van der Waals surface area contributed by atoms with Crippen LogP contribution in [0.1, 0.15) is 6.23 Å². The molecule has 3 heterocycles. The maximum atomic E-state index is 10.1. The number of ether oxygens (including phenoxy) is 2. The molecule has 1 fully saturated rings. The molecule has 24 heavy (non-hydrogen) atoms. The van der Waals surface area contributed by atoms with E-state index in [0.29, 0.717) is 0 Å². The van der Waals surface area contributed by atoms with E-state index in [1.54, 1.807) is 0 Å². The number of nitrogens with zero attached hydrogens (tertiary/aromatic N) is 4. The van der Waals surface area contributed by atoms with E-state index in [1.165, 1.54) is 17.2 Å². The molecular weight excluding hydrogens is 324 g/mol. The van der Waals surface area contributed by atoms with Crippen LogP contribution < -0.4 is 4.74 Å². The van der Waals surface area contributed by atoms with Crippen LogP contribution in [0.3, 0.4) is 0 Å². The lowest BCUT2D eigenvalue weighted by Crippen LogP contribution is -2.33. The van der Waals surface area contributed by atoms with Gasteiger partial charge in [-0.2, -0.15) is 4.98 Å². The van der Waals surface area contributed by atoms with Crippen LogP contribution in [0.5, 0.6) is 5.88 Å². The van der Waals surface area contributed by atoms with Crippen LogP contribution in [0.15, 0.2) is 12.7 Å². The summed E-state index contributed by atoms with van der Waals surface area (Å²) in [5.41, 5.74) is 0.506. The Hall–Kier alpha value is -1.89. The summed E-state index contributed by atoms with van der Waals surface area (Å²) in [6.45, 7) is -1.26. The molecule has 3 rings (SSSR count). The zero-order valence-electron chi connectivity index (χ0n) is 12.5. The number of aliphatic hydroxyl groups is 5. The molecule has 0 amide bonds. The van der Waals surface area contributed by atoms with Gasteiger partial charge < -0.3 is 35.0 Å². The molecule has 0 aromatic carbocycles. The summed E-state index contributed by atoms with van der Waals surface area (Å²) in [5, 5.41) is 47.3. The highest BCUT2D eigenvalue weighted by Crippen LogP contribution is 2.32. The fourth-order valence-electron chi connectivity index (χ4n) is 2.50. The van der Waals surface area contributed by atoms with Crippen molar-refractivity contribution in [1.29, 1.82) is 0 Å². The molecule has 0 radical (unpaired) electrons. The summed E-state index contributed by atoms with van der Waals surface area (Å²) in [7, 11) is 0. The van der Waals surface area contributed by atoms with Crippen molar-refractivity contribution >= 4 is 11.2 Å².